The van der Waals surface area contributed by atoms with Gasteiger partial charge in [0, 0.05) is 49.5 Å². The summed E-state index contributed by atoms with van der Waals surface area (Å²) < 4.78 is 41.6. The zero-order chi connectivity index (χ0) is 34.1. The number of methoxy groups -OCH3 is 1. The van der Waals surface area contributed by atoms with Gasteiger partial charge in [-0.3, -0.25) is 28.8 Å². The Bertz CT molecular complexity index is 1450. The van der Waals surface area contributed by atoms with E-state index in [1.807, 2.05) is 0 Å². The minimum atomic E-state index is -1.68. The molecule has 2 bridgehead atoms. The van der Waals surface area contributed by atoms with E-state index in [4.69, 9.17) is 32.8 Å². The molecule has 6 rings (SSSR count). The van der Waals surface area contributed by atoms with Crippen LogP contribution in [-0.2, 0) is 57.2 Å². The fourth-order valence-electron chi connectivity index (χ4n) is 9.43. The zero-order valence-electron chi connectivity index (χ0n) is 27.6. The van der Waals surface area contributed by atoms with Crippen molar-refractivity contribution in [2.45, 2.75) is 104 Å². The van der Waals surface area contributed by atoms with E-state index in [1.165, 1.54) is 40.4 Å². The van der Waals surface area contributed by atoms with Crippen LogP contribution in [0.2, 0.25) is 0 Å². The van der Waals surface area contributed by atoms with Gasteiger partial charge in [-0.1, -0.05) is 27.7 Å². The highest BCUT2D eigenvalue weighted by Crippen LogP contribution is 2.72. The van der Waals surface area contributed by atoms with Gasteiger partial charge in [-0.25, -0.2) is 0 Å². The zero-order valence-corrected chi connectivity index (χ0v) is 27.6. The van der Waals surface area contributed by atoms with Crippen molar-refractivity contribution in [1.82, 2.24) is 0 Å². The van der Waals surface area contributed by atoms with Gasteiger partial charge in [0.2, 0.25) is 0 Å². The maximum absolute atomic E-state index is 14.9. The number of esters is 5. The van der Waals surface area contributed by atoms with Gasteiger partial charge in [-0.2, -0.15) is 0 Å². The van der Waals surface area contributed by atoms with Crippen LogP contribution >= 0.6 is 0 Å². The summed E-state index contributed by atoms with van der Waals surface area (Å²) in [4.78, 5) is 79.8. The largest absolute Gasteiger partial charge is 0.472 e. The van der Waals surface area contributed by atoms with Crippen LogP contribution < -0.4 is 0 Å². The second-order valence-corrected chi connectivity index (χ2v) is 14.1. The Balaban J connectivity index is 1.89. The van der Waals surface area contributed by atoms with E-state index < -0.39 is 106 Å². The first-order valence-electron chi connectivity index (χ1n) is 15.4. The molecule has 1 aromatic rings. The topological polar surface area (TPSA) is 171 Å². The molecule has 11 atom stereocenters. The summed E-state index contributed by atoms with van der Waals surface area (Å²) in [5.74, 6) is -6.67. The molecule has 5 fully saturated rings. The molecule has 2 aliphatic carbocycles. The van der Waals surface area contributed by atoms with Crippen LogP contribution in [0.5, 0.6) is 0 Å². The predicted molar refractivity (Wildman–Crippen MR) is 154 cm³/mol. The van der Waals surface area contributed by atoms with E-state index in [1.54, 1.807) is 40.7 Å². The molecule has 46 heavy (non-hydrogen) atoms. The van der Waals surface area contributed by atoms with Crippen molar-refractivity contribution in [3.8, 4) is 0 Å². The molecule has 5 aliphatic rings. The molecule has 3 aliphatic heterocycles. The summed E-state index contributed by atoms with van der Waals surface area (Å²) in [6.45, 7) is 12.3. The normalized spacial score (nSPS) is 40.8. The molecule has 1 unspecified atom stereocenters. The first kappa shape index (κ1) is 33.6. The van der Waals surface area contributed by atoms with E-state index in [0.717, 1.165) is 0 Å². The second kappa shape index (κ2) is 11.2. The minimum absolute atomic E-state index is 0.250. The van der Waals surface area contributed by atoms with Crippen molar-refractivity contribution < 1.29 is 61.6 Å². The van der Waals surface area contributed by atoms with E-state index in [0.29, 0.717) is 5.56 Å². The van der Waals surface area contributed by atoms with Crippen LogP contribution in [0.15, 0.2) is 23.0 Å². The molecule has 0 N–H and O–H groups in total. The third-order valence-corrected chi connectivity index (χ3v) is 11.4. The van der Waals surface area contributed by atoms with Crippen LogP contribution in [0.4, 0.5) is 0 Å². The molecule has 13 heteroatoms. The fourth-order valence-corrected chi connectivity index (χ4v) is 9.43. The Morgan fingerprint density at radius 1 is 0.935 bits per heavy atom. The number of carbonyl (C=O) groups excluding carboxylic acids is 6. The monoisotopic (exact) mass is 646 g/mol. The predicted octanol–water partition coefficient (Wildman–Crippen LogP) is 3.27. The lowest BCUT2D eigenvalue weighted by molar-refractivity contribution is -0.302. The highest BCUT2D eigenvalue weighted by molar-refractivity contribution is 5.90. The quantitative estimate of drug-likeness (QED) is 0.326. The fraction of sp³-hybridized carbons (Fsp3) is 0.697. The Morgan fingerprint density at radius 3 is 2.09 bits per heavy atom. The molecule has 252 valence electrons. The molecule has 0 amide bonds. The number of furan rings is 1. The highest BCUT2D eigenvalue weighted by atomic mass is 16.6. The van der Waals surface area contributed by atoms with Crippen molar-refractivity contribution >= 4 is 35.6 Å². The maximum atomic E-state index is 14.9. The van der Waals surface area contributed by atoms with Gasteiger partial charge in [0.25, 0.3) is 0 Å². The van der Waals surface area contributed by atoms with Crippen LogP contribution in [-0.4, -0.2) is 72.8 Å². The van der Waals surface area contributed by atoms with Gasteiger partial charge in [-0.05, 0) is 18.9 Å². The van der Waals surface area contributed by atoms with Gasteiger partial charge in [0.05, 0.1) is 37.4 Å². The van der Waals surface area contributed by atoms with Gasteiger partial charge in [0.1, 0.15) is 35.8 Å². The Kier molecular flexibility index (Phi) is 8.19. The lowest BCUT2D eigenvalue weighted by atomic mass is 9.42. The van der Waals surface area contributed by atoms with Crippen molar-refractivity contribution in [1.29, 1.82) is 0 Å². The standard InChI is InChI=1S/C33H42O13/c1-15-24(39)23-27(43-17(3)35)32(8)26(19-10-11-41-14-19)45-22(38)13-33(15,32)46-29-25(42-16(2)34)28(44-18(4)36)30(5,6)20(31(23,29)7)12-21(37)40-9/h10-11,14-15,20,23,25-29H,12-13H2,1-9H3/t15-,20-,23+,25-,26-,27?,28+,29-,31-,32+,33-/m0/s1. The summed E-state index contributed by atoms with van der Waals surface area (Å²) in [5, 5.41) is 0. The molecule has 4 heterocycles. The van der Waals surface area contributed by atoms with Gasteiger partial charge in [-0.15, -0.1) is 0 Å². The van der Waals surface area contributed by atoms with E-state index >= 15 is 0 Å². The molecule has 2 saturated carbocycles. The molecule has 0 aromatic carbocycles. The summed E-state index contributed by atoms with van der Waals surface area (Å²) in [6, 6.07) is 1.62. The van der Waals surface area contributed by atoms with Gasteiger partial charge in [0.15, 0.2) is 6.10 Å². The van der Waals surface area contributed by atoms with Crippen LogP contribution in [0.25, 0.3) is 0 Å². The van der Waals surface area contributed by atoms with Crippen molar-refractivity contribution in [2.75, 3.05) is 7.11 Å². The van der Waals surface area contributed by atoms with E-state index in [2.05, 4.69) is 0 Å². The van der Waals surface area contributed by atoms with Gasteiger partial charge < -0.3 is 32.8 Å². The number of hydrogen-bond acceptors (Lipinski definition) is 13. The smallest absolute Gasteiger partial charge is 0.309 e. The average molecular weight is 647 g/mol. The van der Waals surface area contributed by atoms with E-state index in [-0.39, 0.29) is 12.2 Å². The average Bonchev–Trinajstić information content (AvgIpc) is 3.46. The summed E-state index contributed by atoms with van der Waals surface area (Å²) in [5.41, 5.74) is -5.23. The number of rotatable bonds is 6. The number of cyclic esters (lactones) is 1. The van der Waals surface area contributed by atoms with Crippen molar-refractivity contribution in [2.24, 2.45) is 34.0 Å². The number of ether oxygens (including phenoxy) is 6. The lowest BCUT2D eigenvalue weighted by Gasteiger charge is -2.62. The van der Waals surface area contributed by atoms with Crippen LogP contribution in [0, 0.1) is 34.0 Å². The number of Topliss-reactive ketones (excluding diaryl/α,β-unsaturated/α-hetero) is 1. The number of ketones is 1. The molecule has 13 nitrogen and oxygen atoms in total. The van der Waals surface area contributed by atoms with Crippen molar-refractivity contribution in [3.05, 3.63) is 24.2 Å². The highest BCUT2D eigenvalue weighted by Gasteiger charge is 2.82. The third-order valence-electron chi connectivity index (χ3n) is 11.4. The van der Waals surface area contributed by atoms with E-state index in [9.17, 15) is 28.8 Å². The van der Waals surface area contributed by atoms with Gasteiger partial charge >= 0.3 is 29.8 Å². The number of carbonyl (C=O) groups is 6. The Labute approximate surface area is 266 Å². The number of fused-ring (bicyclic) bond motifs is 1. The lowest BCUT2D eigenvalue weighted by Crippen LogP contribution is -2.72. The first-order valence-corrected chi connectivity index (χ1v) is 15.4. The Morgan fingerprint density at radius 2 is 1.54 bits per heavy atom. The maximum Gasteiger partial charge on any atom is 0.309 e. The Hall–Kier alpha value is -3.74. The first-order chi connectivity index (χ1) is 21.4. The molecule has 3 saturated heterocycles. The summed E-state index contributed by atoms with van der Waals surface area (Å²) in [6.07, 6.45) is -3.87. The molecular formula is C33H42O13. The SMILES string of the molecule is COC(=O)C[C@H]1C(C)(C)[C@H](OC(C)=O)[C@H](OC(C)=O)[C@@H]2O[C@]34CC(=O)O[C@@H](c5ccoc5)[C@]3(C)C(OC(C)=O)[C@@H](C(=O)[C@@H]4C)[C@@]21C. The van der Waals surface area contributed by atoms with Crippen LogP contribution in [0.3, 0.4) is 0 Å². The van der Waals surface area contributed by atoms with Crippen LogP contribution in [0.1, 0.15) is 79.9 Å². The molecule has 1 aromatic heterocycles. The summed E-state index contributed by atoms with van der Waals surface area (Å²) in [7, 11) is 1.24. The van der Waals surface area contributed by atoms with Crippen molar-refractivity contribution in [3.63, 3.8) is 0 Å². The number of hydrogen-bond donors (Lipinski definition) is 0. The third kappa shape index (κ3) is 4.59. The summed E-state index contributed by atoms with van der Waals surface area (Å²) >= 11 is 0. The molecule has 0 radical (unpaired) electrons. The minimum Gasteiger partial charge on any atom is -0.472 e. The molecule has 1 spiro atoms. The second-order valence-electron chi connectivity index (χ2n) is 14.1. The molecular weight excluding hydrogens is 604 g/mol.